The topological polar surface area (TPSA) is 23.8 Å². The Hall–Kier alpha value is -0.990. The van der Waals surface area contributed by atoms with E-state index in [4.69, 9.17) is 5.26 Å². The zero-order valence-electron chi connectivity index (χ0n) is 9.97. The normalized spacial score (nSPS) is 9.07. The Morgan fingerprint density at radius 3 is 2.33 bits per heavy atom. The Labute approximate surface area is 94.5 Å². The van der Waals surface area contributed by atoms with Gasteiger partial charge in [0.25, 0.3) is 0 Å². The summed E-state index contributed by atoms with van der Waals surface area (Å²) in [7, 11) is 0. The molecule has 15 heavy (non-hydrogen) atoms. The van der Waals surface area contributed by atoms with Gasteiger partial charge in [-0.05, 0) is 31.4 Å². The Kier molecular flexibility index (Phi) is 12.2. The van der Waals surface area contributed by atoms with Gasteiger partial charge in [0.05, 0.1) is 6.07 Å². The predicted molar refractivity (Wildman–Crippen MR) is 65.5 cm³/mol. The van der Waals surface area contributed by atoms with Gasteiger partial charge in [-0.2, -0.15) is 5.26 Å². The van der Waals surface area contributed by atoms with Crippen LogP contribution in [0.1, 0.15) is 64.7 Å². The van der Waals surface area contributed by atoms with Crippen LogP contribution >= 0.6 is 0 Å². The molecule has 0 aromatic rings. The van der Waals surface area contributed by atoms with Crippen molar-refractivity contribution in [1.29, 1.82) is 5.26 Å². The van der Waals surface area contributed by atoms with E-state index >= 15 is 0 Å². The van der Waals surface area contributed by atoms with E-state index in [9.17, 15) is 0 Å². The second-order valence-corrected chi connectivity index (χ2v) is 3.83. The molecule has 0 saturated carbocycles. The molecule has 0 amide bonds. The third-order valence-corrected chi connectivity index (χ3v) is 2.34. The van der Waals surface area contributed by atoms with Gasteiger partial charge in [-0.25, -0.2) is 0 Å². The highest BCUT2D eigenvalue weighted by molar-refractivity contribution is 4.87. The number of nitriles is 1. The van der Waals surface area contributed by atoms with Gasteiger partial charge in [-0.15, -0.1) is 5.73 Å². The van der Waals surface area contributed by atoms with E-state index in [2.05, 4.69) is 24.8 Å². The van der Waals surface area contributed by atoms with Crippen LogP contribution < -0.4 is 0 Å². The Bertz CT molecular complexity index is 216. The van der Waals surface area contributed by atoms with Gasteiger partial charge in [0.1, 0.15) is 0 Å². The number of rotatable bonds is 9. The molecule has 0 spiro atoms. The highest BCUT2D eigenvalue weighted by atomic mass is 14.2. The van der Waals surface area contributed by atoms with Crippen molar-refractivity contribution in [3.05, 3.63) is 17.9 Å². The predicted octanol–water partition coefficient (Wildman–Crippen LogP) is 4.75. The van der Waals surface area contributed by atoms with Crippen molar-refractivity contribution in [3.8, 4) is 6.07 Å². The van der Waals surface area contributed by atoms with Gasteiger partial charge in [-0.1, -0.05) is 39.0 Å². The molecule has 0 aliphatic carbocycles. The molecular formula is C14H23N. The van der Waals surface area contributed by atoms with Crippen LogP contribution in [-0.4, -0.2) is 0 Å². The van der Waals surface area contributed by atoms with Gasteiger partial charge < -0.3 is 0 Å². The van der Waals surface area contributed by atoms with Crippen LogP contribution in [0, 0.1) is 11.3 Å². The molecule has 0 aliphatic heterocycles. The third kappa shape index (κ3) is 13.0. The fourth-order valence-corrected chi connectivity index (χ4v) is 1.41. The first kappa shape index (κ1) is 14.0. The summed E-state index contributed by atoms with van der Waals surface area (Å²) in [6, 6.07) is 2.11. The number of unbranched alkanes of at least 4 members (excludes halogenated alkanes) is 7. The quantitative estimate of drug-likeness (QED) is 0.393. The van der Waals surface area contributed by atoms with Crippen LogP contribution in [0.25, 0.3) is 0 Å². The summed E-state index contributed by atoms with van der Waals surface area (Å²) in [4.78, 5) is 0. The Morgan fingerprint density at radius 2 is 1.60 bits per heavy atom. The fourth-order valence-electron chi connectivity index (χ4n) is 1.41. The lowest BCUT2D eigenvalue weighted by Gasteiger charge is -1.96. The first-order valence-corrected chi connectivity index (χ1v) is 6.18. The van der Waals surface area contributed by atoms with Crippen LogP contribution in [-0.2, 0) is 0 Å². The largest absolute Gasteiger partial charge is 0.198 e. The molecule has 0 radical (unpaired) electrons. The fraction of sp³-hybridized carbons (Fsp3) is 0.714. The maximum absolute atomic E-state index is 8.30. The van der Waals surface area contributed by atoms with E-state index < -0.39 is 0 Å². The lowest BCUT2D eigenvalue weighted by Crippen LogP contribution is -1.77. The SMILES string of the molecule is CCCCCCCCC=C=CCCC#N. The summed E-state index contributed by atoms with van der Waals surface area (Å²) in [6.07, 6.45) is 14.7. The second-order valence-electron chi connectivity index (χ2n) is 3.83. The Morgan fingerprint density at radius 1 is 0.933 bits per heavy atom. The zero-order valence-corrected chi connectivity index (χ0v) is 9.97. The monoisotopic (exact) mass is 205 g/mol. The molecule has 0 heterocycles. The van der Waals surface area contributed by atoms with Crippen molar-refractivity contribution in [2.75, 3.05) is 0 Å². The molecule has 0 aromatic heterocycles. The lowest BCUT2D eigenvalue weighted by atomic mass is 10.1. The molecule has 0 unspecified atom stereocenters. The minimum Gasteiger partial charge on any atom is -0.198 e. The first-order valence-electron chi connectivity index (χ1n) is 6.18. The molecule has 0 fully saturated rings. The summed E-state index contributed by atoms with van der Waals surface area (Å²) in [6.45, 7) is 2.24. The molecule has 1 nitrogen and oxygen atoms in total. The molecule has 0 rings (SSSR count). The van der Waals surface area contributed by atoms with Crippen LogP contribution in [0.5, 0.6) is 0 Å². The summed E-state index contributed by atoms with van der Waals surface area (Å²) in [5.74, 6) is 0. The maximum Gasteiger partial charge on any atom is 0.0625 e. The van der Waals surface area contributed by atoms with Gasteiger partial charge in [0.15, 0.2) is 0 Å². The van der Waals surface area contributed by atoms with Crippen molar-refractivity contribution in [2.45, 2.75) is 64.7 Å². The second kappa shape index (κ2) is 13.0. The minimum atomic E-state index is 0.609. The molecule has 0 bridgehead atoms. The van der Waals surface area contributed by atoms with E-state index in [1.165, 1.54) is 38.5 Å². The van der Waals surface area contributed by atoms with Crippen molar-refractivity contribution in [3.63, 3.8) is 0 Å². The highest BCUT2D eigenvalue weighted by Gasteiger charge is 1.87. The van der Waals surface area contributed by atoms with E-state index in [-0.39, 0.29) is 0 Å². The van der Waals surface area contributed by atoms with Crippen LogP contribution in [0.4, 0.5) is 0 Å². The highest BCUT2D eigenvalue weighted by Crippen LogP contribution is 2.06. The summed E-state index contributed by atoms with van der Waals surface area (Å²) in [5.41, 5.74) is 3.12. The minimum absolute atomic E-state index is 0.609. The summed E-state index contributed by atoms with van der Waals surface area (Å²) >= 11 is 0. The number of hydrogen-bond donors (Lipinski definition) is 0. The molecule has 0 aliphatic rings. The average Bonchev–Trinajstić information content (AvgIpc) is 2.26. The molecule has 0 saturated heterocycles. The Balaban J connectivity index is 3.16. The summed E-state index contributed by atoms with van der Waals surface area (Å²) in [5, 5.41) is 8.30. The van der Waals surface area contributed by atoms with E-state index in [0.29, 0.717) is 6.42 Å². The van der Waals surface area contributed by atoms with Crippen molar-refractivity contribution < 1.29 is 0 Å². The maximum atomic E-state index is 8.30. The van der Waals surface area contributed by atoms with Crippen molar-refractivity contribution in [2.24, 2.45) is 0 Å². The average molecular weight is 205 g/mol. The number of allylic oxidation sites excluding steroid dienone is 1. The number of nitrogens with zero attached hydrogens (tertiary/aromatic N) is 1. The first-order chi connectivity index (χ1) is 7.41. The summed E-state index contributed by atoms with van der Waals surface area (Å²) < 4.78 is 0. The van der Waals surface area contributed by atoms with Crippen LogP contribution in [0.2, 0.25) is 0 Å². The standard InChI is InChI=1S/C14H23N/c1-2-3-4-5-6-7-8-9-10-11-12-13-14-15/h9,11H,2-8,12-13H2,1H3. The van der Waals surface area contributed by atoms with Gasteiger partial charge >= 0.3 is 0 Å². The zero-order chi connectivity index (χ0) is 11.2. The molecule has 1 heteroatoms. The molecule has 84 valence electrons. The molecule has 0 atom stereocenters. The molecule has 0 N–H and O–H groups in total. The van der Waals surface area contributed by atoms with Crippen molar-refractivity contribution in [1.82, 2.24) is 0 Å². The van der Waals surface area contributed by atoms with E-state index in [0.717, 1.165) is 12.8 Å². The third-order valence-electron chi connectivity index (χ3n) is 2.34. The lowest BCUT2D eigenvalue weighted by molar-refractivity contribution is 0.611. The van der Waals surface area contributed by atoms with Crippen LogP contribution in [0.3, 0.4) is 0 Å². The molecule has 0 aromatic carbocycles. The van der Waals surface area contributed by atoms with Gasteiger partial charge in [0, 0.05) is 6.42 Å². The van der Waals surface area contributed by atoms with Gasteiger partial charge in [-0.3, -0.25) is 0 Å². The van der Waals surface area contributed by atoms with Gasteiger partial charge in [0.2, 0.25) is 0 Å². The van der Waals surface area contributed by atoms with Crippen molar-refractivity contribution >= 4 is 0 Å². The smallest absolute Gasteiger partial charge is 0.0625 e. The van der Waals surface area contributed by atoms with E-state index in [1.54, 1.807) is 0 Å². The number of hydrogen-bond acceptors (Lipinski definition) is 1. The van der Waals surface area contributed by atoms with Crippen LogP contribution in [0.15, 0.2) is 17.9 Å². The molecular weight excluding hydrogens is 182 g/mol. The van der Waals surface area contributed by atoms with E-state index in [1.807, 2.05) is 6.08 Å².